The van der Waals surface area contributed by atoms with Gasteiger partial charge < -0.3 is 44.8 Å². The Bertz CT molecular complexity index is 700. The Hall–Kier alpha value is -0.850. The van der Waals surface area contributed by atoms with Gasteiger partial charge in [0.15, 0.2) is 12.4 Å². The van der Waals surface area contributed by atoms with Gasteiger partial charge >= 0.3 is 5.97 Å². The molecule has 0 aromatic rings. The fourth-order valence-electron chi connectivity index (χ4n) is 6.45. The van der Waals surface area contributed by atoms with Gasteiger partial charge in [0.25, 0.3) is 0 Å². The smallest absolute Gasteiger partial charge is 0.312 e. The number of aliphatic hydroxyl groups is 6. The van der Waals surface area contributed by atoms with E-state index in [0.717, 1.165) is 0 Å². The van der Waals surface area contributed by atoms with E-state index in [1.54, 1.807) is 0 Å². The van der Waals surface area contributed by atoms with E-state index in [2.05, 4.69) is 0 Å². The van der Waals surface area contributed by atoms with Crippen molar-refractivity contribution < 1.29 is 49.6 Å². The average molecular weight is 446 g/mol. The minimum absolute atomic E-state index is 0.0560. The summed E-state index contributed by atoms with van der Waals surface area (Å²) in [6.45, 7) is 5.00. The maximum atomic E-state index is 12.6. The molecule has 0 spiro atoms. The van der Waals surface area contributed by atoms with Crippen LogP contribution in [0.15, 0.2) is 0 Å². The lowest BCUT2D eigenvalue weighted by molar-refractivity contribution is -0.306. The Kier molecular flexibility index (Phi) is 5.92. The molecular weight excluding hydrogens is 412 g/mol. The summed E-state index contributed by atoms with van der Waals surface area (Å²) in [5.74, 6) is -2.02. The molecule has 178 valence electrons. The lowest BCUT2D eigenvalue weighted by atomic mass is 9.53. The van der Waals surface area contributed by atoms with E-state index in [9.17, 15) is 35.4 Å². The molecular formula is C21H34O10. The van der Waals surface area contributed by atoms with E-state index < -0.39 is 72.4 Å². The molecule has 2 heterocycles. The number of aliphatic hydroxyl groups excluding tert-OH is 5. The lowest BCUT2D eigenvalue weighted by Gasteiger charge is -2.53. The van der Waals surface area contributed by atoms with Crippen molar-refractivity contribution in [1.82, 2.24) is 0 Å². The molecule has 0 aromatic heterocycles. The van der Waals surface area contributed by atoms with Crippen molar-refractivity contribution in [1.29, 1.82) is 0 Å². The highest BCUT2D eigenvalue weighted by atomic mass is 16.7. The van der Waals surface area contributed by atoms with E-state index >= 15 is 0 Å². The first-order chi connectivity index (χ1) is 14.5. The fourth-order valence-corrected chi connectivity index (χ4v) is 6.45. The van der Waals surface area contributed by atoms with Crippen LogP contribution in [-0.4, -0.2) is 98.3 Å². The van der Waals surface area contributed by atoms with Crippen molar-refractivity contribution in [3.8, 4) is 0 Å². The zero-order chi connectivity index (χ0) is 22.9. The average Bonchev–Trinajstić information content (AvgIpc) is 3.17. The molecule has 4 fully saturated rings. The molecule has 4 rings (SSSR count). The second-order valence-electron chi connectivity index (χ2n) is 10.1. The SMILES string of the molecule is CC(C)[C@@]1(O)[C@@H]2OC(=O)[C@H]1[C@H]1CC[C@H](CO[C@@H]3O[C@H](CO)[C@@H](O)[C@H](O)[C@H]3O)[C@@]1(C)[C@H]2O. The summed E-state index contributed by atoms with van der Waals surface area (Å²) in [6, 6.07) is 0. The predicted molar refractivity (Wildman–Crippen MR) is 103 cm³/mol. The monoisotopic (exact) mass is 446 g/mol. The number of ether oxygens (including phenoxy) is 3. The highest BCUT2D eigenvalue weighted by Gasteiger charge is 2.74. The predicted octanol–water partition coefficient (Wildman–Crippen LogP) is -1.86. The van der Waals surface area contributed by atoms with Gasteiger partial charge in [-0.05, 0) is 30.6 Å². The Morgan fingerprint density at radius 3 is 2.42 bits per heavy atom. The minimum Gasteiger partial charge on any atom is -0.456 e. The Morgan fingerprint density at radius 1 is 1.13 bits per heavy atom. The molecule has 2 saturated carbocycles. The summed E-state index contributed by atoms with van der Waals surface area (Å²) in [4.78, 5) is 12.6. The van der Waals surface area contributed by atoms with Crippen LogP contribution in [0.25, 0.3) is 0 Å². The van der Waals surface area contributed by atoms with E-state index in [0.29, 0.717) is 12.8 Å². The van der Waals surface area contributed by atoms with E-state index in [1.165, 1.54) is 0 Å². The van der Waals surface area contributed by atoms with Crippen molar-refractivity contribution >= 4 is 5.97 Å². The van der Waals surface area contributed by atoms with Gasteiger partial charge in [-0.1, -0.05) is 20.8 Å². The number of carbonyl (C=O) groups excluding carboxylic acids is 1. The van der Waals surface area contributed by atoms with Crippen LogP contribution in [0.2, 0.25) is 0 Å². The zero-order valence-corrected chi connectivity index (χ0v) is 18.0. The van der Waals surface area contributed by atoms with Crippen LogP contribution in [0.1, 0.15) is 33.6 Å². The summed E-state index contributed by atoms with van der Waals surface area (Å²) in [5, 5.41) is 62.0. The molecule has 2 aliphatic carbocycles. The van der Waals surface area contributed by atoms with E-state index in [1.807, 2.05) is 20.8 Å². The first-order valence-corrected chi connectivity index (χ1v) is 11.0. The van der Waals surface area contributed by atoms with Gasteiger partial charge in [0.1, 0.15) is 30.0 Å². The van der Waals surface area contributed by atoms with Gasteiger partial charge in [-0.3, -0.25) is 4.79 Å². The highest BCUT2D eigenvalue weighted by Crippen LogP contribution is 2.64. The van der Waals surface area contributed by atoms with Crippen LogP contribution in [-0.2, 0) is 19.0 Å². The zero-order valence-electron chi connectivity index (χ0n) is 18.0. The Morgan fingerprint density at radius 2 is 1.81 bits per heavy atom. The normalized spacial score (nSPS) is 54.2. The molecule has 6 N–H and O–H groups in total. The molecule has 0 radical (unpaired) electrons. The van der Waals surface area contributed by atoms with Crippen molar-refractivity contribution in [2.24, 2.45) is 29.1 Å². The molecule has 10 nitrogen and oxygen atoms in total. The molecule has 2 aliphatic heterocycles. The number of carbonyl (C=O) groups is 1. The summed E-state index contributed by atoms with van der Waals surface area (Å²) >= 11 is 0. The van der Waals surface area contributed by atoms with Gasteiger partial charge in [0.2, 0.25) is 0 Å². The van der Waals surface area contributed by atoms with Gasteiger partial charge in [-0.2, -0.15) is 0 Å². The quantitative estimate of drug-likeness (QED) is 0.264. The largest absolute Gasteiger partial charge is 0.456 e. The van der Waals surface area contributed by atoms with Crippen LogP contribution in [0, 0.1) is 29.1 Å². The highest BCUT2D eigenvalue weighted by molar-refractivity contribution is 5.78. The topological polar surface area (TPSA) is 166 Å². The number of fused-ring (bicyclic) bond motifs is 4. The molecule has 0 aromatic carbocycles. The lowest BCUT2D eigenvalue weighted by Crippen LogP contribution is -2.66. The number of hydrogen-bond acceptors (Lipinski definition) is 10. The molecule has 2 saturated heterocycles. The molecule has 0 amide bonds. The maximum absolute atomic E-state index is 12.6. The van der Waals surface area contributed by atoms with Gasteiger partial charge in [0.05, 0.1) is 25.2 Å². The molecule has 4 aliphatic rings. The minimum atomic E-state index is -1.54. The van der Waals surface area contributed by atoms with Crippen molar-refractivity contribution in [3.05, 3.63) is 0 Å². The van der Waals surface area contributed by atoms with Crippen LogP contribution in [0.4, 0.5) is 0 Å². The maximum Gasteiger partial charge on any atom is 0.312 e. The molecule has 31 heavy (non-hydrogen) atoms. The third-order valence-corrected chi connectivity index (χ3v) is 8.52. The summed E-state index contributed by atoms with van der Waals surface area (Å²) in [5.41, 5.74) is -2.20. The Labute approximate surface area is 180 Å². The van der Waals surface area contributed by atoms with E-state index in [4.69, 9.17) is 14.2 Å². The van der Waals surface area contributed by atoms with Crippen molar-refractivity contribution in [2.75, 3.05) is 13.2 Å². The number of hydrogen-bond donors (Lipinski definition) is 6. The summed E-state index contributed by atoms with van der Waals surface area (Å²) in [7, 11) is 0. The van der Waals surface area contributed by atoms with Crippen LogP contribution in [0.3, 0.4) is 0 Å². The van der Waals surface area contributed by atoms with Crippen molar-refractivity contribution in [2.45, 2.75) is 82.1 Å². The third kappa shape index (κ3) is 3.11. The standard InChI is InChI=1S/C21H34O10/c1-8(2)21(28)12-10-5-4-9(20(10,3)16(26)17(21)31-18(12)27)7-29-19-15(25)14(24)13(23)11(6-22)30-19/h8-17,19,22-26,28H,4-7H2,1-3H3/t9-,10-,11-,12-,13-,14+,15-,16+,17-,19-,20-,21+/m1/s1. The van der Waals surface area contributed by atoms with Crippen molar-refractivity contribution in [3.63, 3.8) is 0 Å². The van der Waals surface area contributed by atoms with Gasteiger partial charge in [-0.25, -0.2) is 0 Å². The second-order valence-corrected chi connectivity index (χ2v) is 10.1. The molecule has 2 bridgehead atoms. The van der Waals surface area contributed by atoms with Gasteiger partial charge in [-0.15, -0.1) is 0 Å². The molecule has 10 heteroatoms. The van der Waals surface area contributed by atoms with Gasteiger partial charge in [0, 0.05) is 5.41 Å². The third-order valence-electron chi connectivity index (χ3n) is 8.52. The fraction of sp³-hybridized carbons (Fsp3) is 0.952. The second kappa shape index (κ2) is 7.88. The number of rotatable bonds is 5. The summed E-state index contributed by atoms with van der Waals surface area (Å²) < 4.78 is 16.6. The number of esters is 1. The van der Waals surface area contributed by atoms with Crippen LogP contribution in [0.5, 0.6) is 0 Å². The van der Waals surface area contributed by atoms with Crippen LogP contribution >= 0.6 is 0 Å². The Balaban J connectivity index is 1.52. The molecule has 0 unspecified atom stereocenters. The first kappa shape index (κ1) is 23.3. The van der Waals surface area contributed by atoms with E-state index in [-0.39, 0.29) is 24.4 Å². The molecule has 12 atom stereocenters. The van der Waals surface area contributed by atoms with Crippen LogP contribution < -0.4 is 0 Å². The first-order valence-electron chi connectivity index (χ1n) is 11.0. The summed E-state index contributed by atoms with van der Waals surface area (Å²) in [6.07, 6.45) is -7.76.